The van der Waals surface area contributed by atoms with E-state index in [-0.39, 0.29) is 16.1 Å². The van der Waals surface area contributed by atoms with Gasteiger partial charge >= 0.3 is 0 Å². The Labute approximate surface area is 132 Å². The SMILES string of the molecule is CC1(C)CCCN1C(=O)c1cc(S(=O)(=O)Cl)c(F)cc1Cl. The van der Waals surface area contributed by atoms with Gasteiger partial charge in [0, 0.05) is 22.8 Å². The van der Waals surface area contributed by atoms with Crippen molar-refractivity contribution >= 4 is 37.2 Å². The summed E-state index contributed by atoms with van der Waals surface area (Å²) < 4.78 is 36.3. The first-order valence-corrected chi connectivity index (χ1v) is 8.98. The highest BCUT2D eigenvalue weighted by Crippen LogP contribution is 2.33. The summed E-state index contributed by atoms with van der Waals surface area (Å²) >= 11 is 5.89. The predicted molar refractivity (Wildman–Crippen MR) is 78.8 cm³/mol. The Balaban J connectivity index is 2.52. The Morgan fingerprint density at radius 3 is 2.48 bits per heavy atom. The maximum Gasteiger partial charge on any atom is 0.264 e. The minimum Gasteiger partial charge on any atom is -0.333 e. The van der Waals surface area contributed by atoms with Crippen molar-refractivity contribution in [2.45, 2.75) is 37.1 Å². The first kappa shape index (κ1) is 16.5. The summed E-state index contributed by atoms with van der Waals surface area (Å²) in [5, 5.41) is -0.135. The van der Waals surface area contributed by atoms with Crippen LogP contribution in [0.3, 0.4) is 0 Å². The number of amides is 1. The maximum absolute atomic E-state index is 13.6. The zero-order chi connectivity index (χ0) is 16.0. The van der Waals surface area contributed by atoms with Crippen LogP contribution in [-0.4, -0.2) is 31.3 Å². The largest absolute Gasteiger partial charge is 0.333 e. The Kier molecular flexibility index (Phi) is 4.26. The smallest absolute Gasteiger partial charge is 0.264 e. The third-order valence-corrected chi connectivity index (χ3v) is 5.31. The molecule has 0 radical (unpaired) electrons. The van der Waals surface area contributed by atoms with E-state index in [4.69, 9.17) is 22.3 Å². The molecule has 1 aromatic rings. The van der Waals surface area contributed by atoms with E-state index in [1.807, 2.05) is 13.8 Å². The van der Waals surface area contributed by atoms with Crippen LogP contribution in [0.4, 0.5) is 4.39 Å². The first-order valence-electron chi connectivity index (χ1n) is 6.30. The van der Waals surface area contributed by atoms with E-state index in [9.17, 15) is 17.6 Å². The predicted octanol–water partition coefficient (Wildman–Crippen LogP) is 3.42. The van der Waals surface area contributed by atoms with Crippen molar-refractivity contribution in [3.05, 3.63) is 28.5 Å². The number of carbonyl (C=O) groups is 1. The van der Waals surface area contributed by atoms with E-state index in [1.165, 1.54) is 0 Å². The van der Waals surface area contributed by atoms with E-state index >= 15 is 0 Å². The molecule has 0 aromatic heterocycles. The molecule has 2 rings (SSSR count). The van der Waals surface area contributed by atoms with Gasteiger partial charge in [0.15, 0.2) is 0 Å². The number of hydrogen-bond donors (Lipinski definition) is 0. The van der Waals surface area contributed by atoms with Crippen molar-refractivity contribution in [3.8, 4) is 0 Å². The fourth-order valence-electron chi connectivity index (χ4n) is 2.51. The van der Waals surface area contributed by atoms with E-state index in [0.717, 1.165) is 25.0 Å². The molecule has 8 heteroatoms. The number of likely N-dealkylation sites (tertiary alicyclic amines) is 1. The van der Waals surface area contributed by atoms with Crippen molar-refractivity contribution in [2.75, 3.05) is 6.54 Å². The van der Waals surface area contributed by atoms with Crippen molar-refractivity contribution in [1.82, 2.24) is 4.90 Å². The molecule has 1 heterocycles. The van der Waals surface area contributed by atoms with Gasteiger partial charge in [0.1, 0.15) is 10.7 Å². The van der Waals surface area contributed by atoms with Crippen LogP contribution in [0.5, 0.6) is 0 Å². The number of halogens is 3. The Bertz CT molecular complexity index is 704. The van der Waals surface area contributed by atoms with Gasteiger partial charge in [0.2, 0.25) is 0 Å². The highest BCUT2D eigenvalue weighted by atomic mass is 35.7. The molecule has 1 aliphatic rings. The highest BCUT2D eigenvalue weighted by molar-refractivity contribution is 8.13. The topological polar surface area (TPSA) is 54.5 Å². The number of hydrogen-bond acceptors (Lipinski definition) is 3. The summed E-state index contributed by atoms with van der Waals surface area (Å²) in [6.07, 6.45) is 1.68. The van der Waals surface area contributed by atoms with Gasteiger partial charge in [-0.1, -0.05) is 11.6 Å². The van der Waals surface area contributed by atoms with Crippen molar-refractivity contribution in [3.63, 3.8) is 0 Å². The molecule has 0 bridgehead atoms. The third-order valence-electron chi connectivity index (χ3n) is 3.66. The summed E-state index contributed by atoms with van der Waals surface area (Å²) in [4.78, 5) is 13.4. The van der Waals surface area contributed by atoms with Gasteiger partial charge in [-0.3, -0.25) is 4.79 Å². The number of rotatable bonds is 2. The van der Waals surface area contributed by atoms with Gasteiger partial charge in [0.25, 0.3) is 15.0 Å². The van der Waals surface area contributed by atoms with Crippen LogP contribution in [0.15, 0.2) is 17.0 Å². The molecule has 1 fully saturated rings. The molecule has 1 amide bonds. The maximum atomic E-state index is 13.6. The first-order chi connectivity index (χ1) is 9.54. The fraction of sp³-hybridized carbons (Fsp3) is 0.462. The van der Waals surface area contributed by atoms with Crippen LogP contribution < -0.4 is 0 Å². The van der Waals surface area contributed by atoms with Crippen LogP contribution in [0, 0.1) is 5.82 Å². The Hall–Kier alpha value is -0.850. The van der Waals surface area contributed by atoms with E-state index in [1.54, 1.807) is 4.90 Å². The summed E-state index contributed by atoms with van der Waals surface area (Å²) in [7, 11) is 0.882. The quantitative estimate of drug-likeness (QED) is 0.765. The van der Waals surface area contributed by atoms with Crippen molar-refractivity contribution < 1.29 is 17.6 Å². The molecule has 1 aliphatic heterocycles. The standard InChI is InChI=1S/C13H14Cl2FNO3S/c1-13(2)4-3-5-17(13)12(18)8-6-11(21(15,19)20)10(16)7-9(8)14/h6-7H,3-5H2,1-2H3. The second-order valence-corrected chi connectivity index (χ2v) is 8.51. The van der Waals surface area contributed by atoms with Gasteiger partial charge < -0.3 is 4.90 Å². The Morgan fingerprint density at radius 1 is 1.38 bits per heavy atom. The number of benzene rings is 1. The molecular formula is C13H14Cl2FNO3S. The summed E-state index contributed by atoms with van der Waals surface area (Å²) in [6, 6.07) is 1.70. The van der Waals surface area contributed by atoms with Crippen molar-refractivity contribution in [2.24, 2.45) is 0 Å². The number of nitrogens with zero attached hydrogens (tertiary/aromatic N) is 1. The molecule has 0 unspecified atom stereocenters. The van der Waals surface area contributed by atoms with Crippen LogP contribution >= 0.6 is 22.3 Å². The van der Waals surface area contributed by atoms with Gasteiger partial charge in [0.05, 0.1) is 10.6 Å². The zero-order valence-electron chi connectivity index (χ0n) is 11.5. The summed E-state index contributed by atoms with van der Waals surface area (Å²) in [5.41, 5.74) is -0.415. The van der Waals surface area contributed by atoms with Crippen molar-refractivity contribution in [1.29, 1.82) is 0 Å². The fourth-order valence-corrected chi connectivity index (χ4v) is 3.65. The molecule has 0 saturated carbocycles. The van der Waals surface area contributed by atoms with E-state index < -0.39 is 25.7 Å². The lowest BCUT2D eigenvalue weighted by molar-refractivity contribution is 0.0652. The lowest BCUT2D eigenvalue weighted by atomic mass is 10.0. The lowest BCUT2D eigenvalue weighted by Crippen LogP contribution is -2.42. The minimum atomic E-state index is -4.29. The van der Waals surface area contributed by atoms with Gasteiger partial charge in [-0.2, -0.15) is 0 Å². The molecule has 116 valence electrons. The molecule has 1 saturated heterocycles. The van der Waals surface area contributed by atoms with E-state index in [2.05, 4.69) is 0 Å². The summed E-state index contributed by atoms with van der Waals surface area (Å²) in [5.74, 6) is -1.50. The molecule has 0 atom stereocenters. The zero-order valence-corrected chi connectivity index (χ0v) is 13.8. The average Bonchev–Trinajstić information content (AvgIpc) is 2.66. The van der Waals surface area contributed by atoms with Gasteiger partial charge in [-0.05, 0) is 38.8 Å². The highest BCUT2D eigenvalue weighted by Gasteiger charge is 2.37. The van der Waals surface area contributed by atoms with Crippen LogP contribution in [0.1, 0.15) is 37.0 Å². The van der Waals surface area contributed by atoms with Crippen LogP contribution in [0.2, 0.25) is 5.02 Å². The molecular weight excluding hydrogens is 340 g/mol. The summed E-state index contributed by atoms with van der Waals surface area (Å²) in [6.45, 7) is 4.37. The molecule has 21 heavy (non-hydrogen) atoms. The second kappa shape index (κ2) is 5.41. The minimum absolute atomic E-state index is 0.0627. The normalized spacial score (nSPS) is 18.0. The molecule has 0 aliphatic carbocycles. The van der Waals surface area contributed by atoms with Gasteiger partial charge in [-0.15, -0.1) is 0 Å². The second-order valence-electron chi connectivity index (χ2n) is 5.57. The monoisotopic (exact) mass is 353 g/mol. The molecule has 0 spiro atoms. The van der Waals surface area contributed by atoms with E-state index in [0.29, 0.717) is 6.54 Å². The van der Waals surface area contributed by atoms with Crippen LogP contribution in [-0.2, 0) is 9.05 Å². The number of carbonyl (C=O) groups excluding carboxylic acids is 1. The molecule has 4 nitrogen and oxygen atoms in total. The van der Waals surface area contributed by atoms with Crippen LogP contribution in [0.25, 0.3) is 0 Å². The Morgan fingerprint density at radius 2 is 2.00 bits per heavy atom. The third kappa shape index (κ3) is 3.17. The molecule has 1 aromatic carbocycles. The average molecular weight is 354 g/mol. The molecule has 0 N–H and O–H groups in total. The lowest BCUT2D eigenvalue weighted by Gasteiger charge is -2.32. The van der Waals surface area contributed by atoms with Gasteiger partial charge in [-0.25, -0.2) is 12.8 Å².